The molecule has 86 valence electrons. The summed E-state index contributed by atoms with van der Waals surface area (Å²) >= 11 is 7.67. The number of hydrogen-bond acceptors (Lipinski definition) is 2. The summed E-state index contributed by atoms with van der Waals surface area (Å²) in [5.74, 6) is 0.659. The first-order chi connectivity index (χ1) is 7.19. The van der Waals surface area contributed by atoms with Gasteiger partial charge in [-0.3, -0.25) is 0 Å². The molecule has 0 spiro atoms. The van der Waals surface area contributed by atoms with Gasteiger partial charge in [-0.05, 0) is 31.0 Å². The molecule has 0 radical (unpaired) electrons. The van der Waals surface area contributed by atoms with Crippen molar-refractivity contribution in [2.75, 3.05) is 6.54 Å². The summed E-state index contributed by atoms with van der Waals surface area (Å²) in [5.41, 5.74) is 0. The van der Waals surface area contributed by atoms with Crippen LogP contribution in [-0.4, -0.2) is 6.54 Å². The quantitative estimate of drug-likeness (QED) is 0.779. The second kappa shape index (κ2) is 6.51. The summed E-state index contributed by atoms with van der Waals surface area (Å²) in [4.78, 5) is 1.36. The highest BCUT2D eigenvalue weighted by atomic mass is 35.5. The van der Waals surface area contributed by atoms with Gasteiger partial charge in [-0.15, -0.1) is 11.3 Å². The maximum Gasteiger partial charge on any atom is 0.0931 e. The Labute approximate surface area is 102 Å². The molecule has 2 atom stereocenters. The van der Waals surface area contributed by atoms with Crippen molar-refractivity contribution >= 4 is 22.9 Å². The van der Waals surface area contributed by atoms with Crippen LogP contribution in [0.1, 0.15) is 44.5 Å². The van der Waals surface area contributed by atoms with Gasteiger partial charge < -0.3 is 5.32 Å². The zero-order valence-electron chi connectivity index (χ0n) is 9.72. The van der Waals surface area contributed by atoms with Crippen molar-refractivity contribution in [1.82, 2.24) is 5.32 Å². The molecular weight excluding hydrogens is 226 g/mol. The minimum absolute atomic E-state index is 0.465. The molecule has 0 amide bonds. The normalized spacial score (nSPS) is 15.2. The predicted molar refractivity (Wildman–Crippen MR) is 69.8 cm³/mol. The molecule has 3 heteroatoms. The number of nitrogens with one attached hydrogen (secondary N) is 1. The van der Waals surface area contributed by atoms with E-state index in [-0.39, 0.29) is 0 Å². The van der Waals surface area contributed by atoms with Crippen molar-refractivity contribution in [3.8, 4) is 0 Å². The molecular formula is C12H20ClNS. The molecule has 1 rings (SSSR count). The first-order valence-electron chi connectivity index (χ1n) is 5.67. The molecule has 1 aromatic rings. The Hall–Kier alpha value is -0.0500. The minimum Gasteiger partial charge on any atom is -0.309 e. The molecule has 2 unspecified atom stereocenters. The summed E-state index contributed by atoms with van der Waals surface area (Å²) in [7, 11) is 0. The number of halogens is 1. The van der Waals surface area contributed by atoms with E-state index in [9.17, 15) is 0 Å². The number of rotatable bonds is 6. The summed E-state index contributed by atoms with van der Waals surface area (Å²) in [6.07, 6.45) is 2.36. The zero-order valence-corrected chi connectivity index (χ0v) is 11.3. The van der Waals surface area contributed by atoms with Crippen LogP contribution in [0.3, 0.4) is 0 Å². The molecule has 1 N–H and O–H groups in total. The highest BCUT2D eigenvalue weighted by Crippen LogP contribution is 2.32. The Bertz CT molecular complexity index is 285. The molecule has 1 aromatic heterocycles. The summed E-state index contributed by atoms with van der Waals surface area (Å²) in [5, 5.41) is 3.60. The average molecular weight is 246 g/mol. The molecule has 0 aliphatic heterocycles. The summed E-state index contributed by atoms with van der Waals surface area (Å²) in [6.45, 7) is 7.80. The predicted octanol–water partition coefficient (Wildman–Crippen LogP) is 4.49. The topological polar surface area (TPSA) is 12.0 Å². The van der Waals surface area contributed by atoms with Gasteiger partial charge >= 0.3 is 0 Å². The van der Waals surface area contributed by atoms with Crippen LogP contribution in [0.5, 0.6) is 0 Å². The van der Waals surface area contributed by atoms with Crippen molar-refractivity contribution in [3.63, 3.8) is 0 Å². The molecule has 0 saturated carbocycles. The van der Waals surface area contributed by atoms with E-state index in [1.165, 1.54) is 17.7 Å². The SMILES string of the molecule is CCCNC(c1ccc(Cl)s1)C(C)CC. The van der Waals surface area contributed by atoms with Gasteiger partial charge in [0.1, 0.15) is 0 Å². The van der Waals surface area contributed by atoms with Crippen LogP contribution < -0.4 is 5.32 Å². The summed E-state index contributed by atoms with van der Waals surface area (Å²) in [6, 6.07) is 4.60. The van der Waals surface area contributed by atoms with E-state index in [2.05, 4.69) is 32.2 Å². The molecule has 15 heavy (non-hydrogen) atoms. The largest absolute Gasteiger partial charge is 0.309 e. The average Bonchev–Trinajstić information content (AvgIpc) is 2.65. The Morgan fingerprint density at radius 1 is 1.40 bits per heavy atom. The lowest BCUT2D eigenvalue weighted by molar-refractivity contribution is 0.382. The van der Waals surface area contributed by atoms with Gasteiger partial charge in [0.05, 0.1) is 4.34 Å². The van der Waals surface area contributed by atoms with Gasteiger partial charge in [0.15, 0.2) is 0 Å². The van der Waals surface area contributed by atoms with E-state index in [0.717, 1.165) is 10.9 Å². The first-order valence-corrected chi connectivity index (χ1v) is 6.87. The van der Waals surface area contributed by atoms with E-state index >= 15 is 0 Å². The molecule has 0 saturated heterocycles. The van der Waals surface area contributed by atoms with Crippen LogP contribution in [-0.2, 0) is 0 Å². The van der Waals surface area contributed by atoms with Crippen LogP contribution in [0.4, 0.5) is 0 Å². The first kappa shape index (κ1) is 13.0. The summed E-state index contributed by atoms with van der Waals surface area (Å²) < 4.78 is 0.886. The second-order valence-electron chi connectivity index (χ2n) is 3.96. The molecule has 0 bridgehead atoms. The third kappa shape index (κ3) is 3.78. The highest BCUT2D eigenvalue weighted by molar-refractivity contribution is 7.16. The van der Waals surface area contributed by atoms with E-state index in [1.54, 1.807) is 11.3 Å². The van der Waals surface area contributed by atoms with Gasteiger partial charge in [-0.2, -0.15) is 0 Å². The van der Waals surface area contributed by atoms with Gasteiger partial charge in [0.2, 0.25) is 0 Å². The zero-order chi connectivity index (χ0) is 11.3. The van der Waals surface area contributed by atoms with E-state index < -0.39 is 0 Å². The number of thiophene rings is 1. The molecule has 1 nitrogen and oxygen atoms in total. The Balaban J connectivity index is 2.71. The fraction of sp³-hybridized carbons (Fsp3) is 0.667. The van der Waals surface area contributed by atoms with E-state index in [1.807, 2.05) is 6.07 Å². The second-order valence-corrected chi connectivity index (χ2v) is 5.71. The van der Waals surface area contributed by atoms with Gasteiger partial charge in [-0.1, -0.05) is 38.8 Å². The monoisotopic (exact) mass is 245 g/mol. The van der Waals surface area contributed by atoms with Crippen molar-refractivity contribution in [1.29, 1.82) is 0 Å². The standard InChI is InChI=1S/C12H20ClNS/c1-4-8-14-12(9(3)5-2)10-6-7-11(13)15-10/h6-7,9,12,14H,4-5,8H2,1-3H3. The van der Waals surface area contributed by atoms with Crippen LogP contribution in [0.2, 0.25) is 4.34 Å². The smallest absolute Gasteiger partial charge is 0.0931 e. The van der Waals surface area contributed by atoms with Crippen molar-refractivity contribution < 1.29 is 0 Å². The molecule has 0 fully saturated rings. The van der Waals surface area contributed by atoms with Gasteiger partial charge in [0.25, 0.3) is 0 Å². The van der Waals surface area contributed by atoms with E-state index in [4.69, 9.17) is 11.6 Å². The third-order valence-electron chi connectivity index (χ3n) is 2.73. The van der Waals surface area contributed by atoms with Crippen molar-refractivity contribution in [2.45, 2.75) is 39.7 Å². The van der Waals surface area contributed by atoms with Crippen LogP contribution in [0.15, 0.2) is 12.1 Å². The highest BCUT2D eigenvalue weighted by Gasteiger charge is 2.18. The van der Waals surface area contributed by atoms with Gasteiger partial charge in [0, 0.05) is 10.9 Å². The lowest BCUT2D eigenvalue weighted by Gasteiger charge is -2.23. The fourth-order valence-electron chi connectivity index (χ4n) is 1.61. The Morgan fingerprint density at radius 2 is 2.13 bits per heavy atom. The third-order valence-corrected chi connectivity index (χ3v) is 4.04. The van der Waals surface area contributed by atoms with Gasteiger partial charge in [-0.25, -0.2) is 0 Å². The maximum atomic E-state index is 5.98. The molecule has 0 aromatic carbocycles. The molecule has 1 heterocycles. The fourth-order valence-corrected chi connectivity index (χ4v) is 2.88. The Morgan fingerprint density at radius 3 is 2.60 bits per heavy atom. The minimum atomic E-state index is 0.465. The number of hydrogen-bond donors (Lipinski definition) is 1. The Kier molecular flexibility index (Phi) is 5.65. The van der Waals surface area contributed by atoms with Crippen LogP contribution in [0.25, 0.3) is 0 Å². The maximum absolute atomic E-state index is 5.98. The van der Waals surface area contributed by atoms with Crippen molar-refractivity contribution in [2.24, 2.45) is 5.92 Å². The van der Waals surface area contributed by atoms with E-state index in [0.29, 0.717) is 12.0 Å². The molecule has 0 aliphatic carbocycles. The lowest BCUT2D eigenvalue weighted by Crippen LogP contribution is -2.26. The van der Waals surface area contributed by atoms with Crippen LogP contribution >= 0.6 is 22.9 Å². The lowest BCUT2D eigenvalue weighted by atomic mass is 9.98. The molecule has 0 aliphatic rings. The van der Waals surface area contributed by atoms with Crippen LogP contribution in [0, 0.1) is 5.92 Å². The van der Waals surface area contributed by atoms with Crippen molar-refractivity contribution in [3.05, 3.63) is 21.3 Å².